The molecular formula is C17H19N3O3S. The van der Waals surface area contributed by atoms with Crippen molar-refractivity contribution in [1.29, 1.82) is 0 Å². The van der Waals surface area contributed by atoms with Crippen molar-refractivity contribution in [2.24, 2.45) is 0 Å². The number of nitrogens with one attached hydrogen (secondary N) is 3. The molecule has 0 unspecified atom stereocenters. The second-order valence-electron chi connectivity index (χ2n) is 4.99. The Hall–Kier alpha value is -2.67. The van der Waals surface area contributed by atoms with Gasteiger partial charge in [-0.1, -0.05) is 18.2 Å². The maximum atomic E-state index is 11.8. The summed E-state index contributed by atoms with van der Waals surface area (Å²) in [4.78, 5) is 35.1. The van der Waals surface area contributed by atoms with E-state index in [4.69, 9.17) is 0 Å². The van der Waals surface area contributed by atoms with Crippen LogP contribution in [0.25, 0.3) is 0 Å². The molecule has 0 atom stereocenters. The van der Waals surface area contributed by atoms with Crippen LogP contribution in [0, 0.1) is 0 Å². The van der Waals surface area contributed by atoms with Crippen LogP contribution in [0.3, 0.4) is 0 Å². The molecule has 0 spiro atoms. The zero-order valence-electron chi connectivity index (χ0n) is 13.1. The van der Waals surface area contributed by atoms with E-state index in [1.165, 1.54) is 11.3 Å². The van der Waals surface area contributed by atoms with Crippen molar-refractivity contribution >= 4 is 29.1 Å². The summed E-state index contributed by atoms with van der Waals surface area (Å²) in [6.07, 6.45) is 0.197. The molecule has 1 aromatic heterocycles. The number of carbonyl (C=O) groups is 3. The minimum atomic E-state index is -0.181. The number of hydrogen-bond donors (Lipinski definition) is 3. The summed E-state index contributed by atoms with van der Waals surface area (Å²) in [5.41, 5.74) is 1.18. The van der Waals surface area contributed by atoms with Crippen LogP contribution in [-0.2, 0) is 4.79 Å². The van der Waals surface area contributed by atoms with Crippen molar-refractivity contribution < 1.29 is 14.4 Å². The fourth-order valence-electron chi connectivity index (χ4n) is 1.94. The average molecular weight is 345 g/mol. The lowest BCUT2D eigenvalue weighted by Gasteiger charge is -2.08. The number of rotatable bonds is 8. The van der Waals surface area contributed by atoms with Crippen molar-refractivity contribution in [3.05, 3.63) is 58.3 Å². The quantitative estimate of drug-likeness (QED) is 0.632. The third-order valence-electron chi connectivity index (χ3n) is 3.19. The predicted octanol–water partition coefficient (Wildman–Crippen LogP) is 1.41. The first-order chi connectivity index (χ1) is 11.7. The molecule has 1 aromatic carbocycles. The predicted molar refractivity (Wildman–Crippen MR) is 93.1 cm³/mol. The molecule has 24 heavy (non-hydrogen) atoms. The van der Waals surface area contributed by atoms with Gasteiger partial charge in [0, 0.05) is 42.6 Å². The van der Waals surface area contributed by atoms with Crippen molar-refractivity contribution in [3.63, 3.8) is 0 Å². The molecule has 7 heteroatoms. The smallest absolute Gasteiger partial charge is 0.252 e. The molecule has 0 aliphatic carbocycles. The second kappa shape index (κ2) is 9.46. The molecule has 0 saturated heterocycles. The summed E-state index contributed by atoms with van der Waals surface area (Å²) in [5.74, 6) is -0.526. The van der Waals surface area contributed by atoms with E-state index >= 15 is 0 Å². The van der Waals surface area contributed by atoms with Crippen LogP contribution in [0.4, 0.5) is 0 Å². The van der Waals surface area contributed by atoms with E-state index in [1.54, 1.807) is 35.7 Å². The Balaban J connectivity index is 1.55. The van der Waals surface area contributed by atoms with Crippen molar-refractivity contribution in [3.8, 4) is 0 Å². The Morgan fingerprint density at radius 1 is 0.792 bits per heavy atom. The van der Waals surface area contributed by atoms with Gasteiger partial charge >= 0.3 is 0 Å². The van der Waals surface area contributed by atoms with Gasteiger partial charge in [-0.15, -0.1) is 0 Å². The summed E-state index contributed by atoms with van der Waals surface area (Å²) in [7, 11) is 0. The molecule has 0 aliphatic heterocycles. The zero-order valence-corrected chi connectivity index (χ0v) is 13.9. The molecule has 3 amide bonds. The first-order valence-corrected chi connectivity index (χ1v) is 8.51. The summed E-state index contributed by atoms with van der Waals surface area (Å²) >= 11 is 1.45. The number of benzene rings is 1. The third kappa shape index (κ3) is 5.85. The first kappa shape index (κ1) is 17.7. The van der Waals surface area contributed by atoms with Gasteiger partial charge in [0.25, 0.3) is 11.8 Å². The standard InChI is InChI=1S/C17H19N3O3S/c21-15(6-8-19-17(23)14-7-11-24-12-14)18-9-10-20-16(22)13-4-2-1-3-5-13/h1-5,7,11-12H,6,8-10H2,(H,18,21)(H,19,23)(H,20,22). The van der Waals surface area contributed by atoms with Crippen LogP contribution < -0.4 is 16.0 Å². The van der Waals surface area contributed by atoms with E-state index in [-0.39, 0.29) is 30.7 Å². The Bertz CT molecular complexity index is 672. The van der Waals surface area contributed by atoms with Gasteiger partial charge in [-0.3, -0.25) is 14.4 Å². The lowest BCUT2D eigenvalue weighted by atomic mass is 10.2. The van der Waals surface area contributed by atoms with E-state index in [0.717, 1.165) is 0 Å². The summed E-state index contributed by atoms with van der Waals surface area (Å²) in [5, 5.41) is 11.7. The largest absolute Gasteiger partial charge is 0.354 e. The minimum absolute atomic E-state index is 0.172. The minimum Gasteiger partial charge on any atom is -0.354 e. The monoisotopic (exact) mass is 345 g/mol. The van der Waals surface area contributed by atoms with E-state index < -0.39 is 0 Å². The zero-order chi connectivity index (χ0) is 17.2. The van der Waals surface area contributed by atoms with Crippen molar-refractivity contribution in [1.82, 2.24) is 16.0 Å². The molecule has 3 N–H and O–H groups in total. The summed E-state index contributed by atoms with van der Waals surface area (Å²) in [6, 6.07) is 10.6. The molecular weight excluding hydrogens is 326 g/mol. The van der Waals surface area contributed by atoms with Gasteiger partial charge in [0.05, 0.1) is 0 Å². The summed E-state index contributed by atoms with van der Waals surface area (Å²) in [6.45, 7) is 0.966. The van der Waals surface area contributed by atoms with Gasteiger partial charge in [-0.2, -0.15) is 11.3 Å². The van der Waals surface area contributed by atoms with E-state index in [2.05, 4.69) is 16.0 Å². The Kier molecular flexibility index (Phi) is 6.97. The summed E-state index contributed by atoms with van der Waals surface area (Å²) < 4.78 is 0. The SMILES string of the molecule is O=C(CCNC(=O)c1ccsc1)NCCNC(=O)c1ccccc1. The number of carbonyl (C=O) groups excluding carboxylic acids is 3. The molecule has 126 valence electrons. The first-order valence-electron chi connectivity index (χ1n) is 7.57. The molecule has 0 bridgehead atoms. The topological polar surface area (TPSA) is 87.3 Å². The van der Waals surface area contributed by atoms with Gasteiger partial charge in [-0.05, 0) is 23.6 Å². The maximum Gasteiger partial charge on any atom is 0.252 e. The van der Waals surface area contributed by atoms with Crippen LogP contribution in [-0.4, -0.2) is 37.4 Å². The molecule has 6 nitrogen and oxygen atoms in total. The number of hydrogen-bond acceptors (Lipinski definition) is 4. The highest BCUT2D eigenvalue weighted by molar-refractivity contribution is 7.08. The second-order valence-corrected chi connectivity index (χ2v) is 5.77. The molecule has 1 heterocycles. The highest BCUT2D eigenvalue weighted by Gasteiger charge is 2.07. The molecule has 0 radical (unpaired) electrons. The Morgan fingerprint density at radius 3 is 2.17 bits per heavy atom. The maximum absolute atomic E-state index is 11.8. The molecule has 0 fully saturated rings. The lowest BCUT2D eigenvalue weighted by molar-refractivity contribution is -0.120. The van der Waals surface area contributed by atoms with Gasteiger partial charge in [0.15, 0.2) is 0 Å². The normalized spacial score (nSPS) is 10.0. The fourth-order valence-corrected chi connectivity index (χ4v) is 2.58. The van der Waals surface area contributed by atoms with Crippen LogP contribution in [0.15, 0.2) is 47.2 Å². The highest BCUT2D eigenvalue weighted by atomic mass is 32.1. The van der Waals surface area contributed by atoms with Crippen LogP contribution in [0.2, 0.25) is 0 Å². The molecule has 0 saturated carbocycles. The molecule has 0 aliphatic rings. The van der Waals surface area contributed by atoms with E-state index in [9.17, 15) is 14.4 Å². The van der Waals surface area contributed by atoms with Crippen LogP contribution in [0.1, 0.15) is 27.1 Å². The van der Waals surface area contributed by atoms with Gasteiger partial charge in [-0.25, -0.2) is 0 Å². The Morgan fingerprint density at radius 2 is 1.46 bits per heavy atom. The lowest BCUT2D eigenvalue weighted by Crippen LogP contribution is -2.36. The van der Waals surface area contributed by atoms with E-state index in [1.807, 2.05) is 11.4 Å². The van der Waals surface area contributed by atoms with Gasteiger partial charge < -0.3 is 16.0 Å². The molecule has 2 rings (SSSR count). The number of thiophene rings is 1. The molecule has 2 aromatic rings. The Labute approximate surface area is 144 Å². The number of amides is 3. The third-order valence-corrected chi connectivity index (χ3v) is 3.87. The van der Waals surface area contributed by atoms with Gasteiger partial charge in [0.2, 0.25) is 5.91 Å². The van der Waals surface area contributed by atoms with Crippen LogP contribution >= 0.6 is 11.3 Å². The van der Waals surface area contributed by atoms with Crippen molar-refractivity contribution in [2.75, 3.05) is 19.6 Å². The highest BCUT2D eigenvalue weighted by Crippen LogP contribution is 2.05. The average Bonchev–Trinajstić information content (AvgIpc) is 3.14. The van der Waals surface area contributed by atoms with Crippen LogP contribution in [0.5, 0.6) is 0 Å². The van der Waals surface area contributed by atoms with Crippen molar-refractivity contribution in [2.45, 2.75) is 6.42 Å². The van der Waals surface area contributed by atoms with Gasteiger partial charge in [0.1, 0.15) is 0 Å². The fraction of sp³-hybridized carbons (Fsp3) is 0.235. The van der Waals surface area contributed by atoms with E-state index in [0.29, 0.717) is 24.2 Å².